The minimum absolute atomic E-state index is 0.361. The van der Waals surface area contributed by atoms with Crippen molar-refractivity contribution in [1.29, 1.82) is 0 Å². The van der Waals surface area contributed by atoms with E-state index in [4.69, 9.17) is 4.74 Å². The molecule has 3 heteroatoms. The van der Waals surface area contributed by atoms with Gasteiger partial charge in [0.1, 0.15) is 0 Å². The molecule has 3 nitrogen and oxygen atoms in total. The number of para-hydroxylation sites is 1. The number of aryl methyl sites for hydroxylation is 2. The summed E-state index contributed by atoms with van der Waals surface area (Å²) in [6.45, 7) is 5.09. The first-order valence-electron chi connectivity index (χ1n) is 5.68. The van der Waals surface area contributed by atoms with Crippen LogP contribution < -0.4 is 5.32 Å². The Morgan fingerprint density at radius 3 is 2.81 bits per heavy atom. The third kappa shape index (κ3) is 3.51. The van der Waals surface area contributed by atoms with Crippen LogP contribution in [0.1, 0.15) is 18.1 Å². The smallest absolute Gasteiger partial charge is 0.0945 e. The van der Waals surface area contributed by atoms with Gasteiger partial charge in [0.05, 0.1) is 12.7 Å². The van der Waals surface area contributed by atoms with E-state index in [1.54, 1.807) is 7.11 Å². The number of aliphatic hydroxyl groups is 1. The highest BCUT2D eigenvalue weighted by atomic mass is 16.5. The van der Waals surface area contributed by atoms with E-state index in [2.05, 4.69) is 37.4 Å². The number of methoxy groups -OCH3 is 1. The average Bonchev–Trinajstić information content (AvgIpc) is 2.27. The molecule has 90 valence electrons. The van der Waals surface area contributed by atoms with Crippen LogP contribution in [0.5, 0.6) is 0 Å². The third-order valence-electron chi connectivity index (χ3n) is 2.61. The Morgan fingerprint density at radius 1 is 1.44 bits per heavy atom. The van der Waals surface area contributed by atoms with Crippen LogP contribution in [-0.4, -0.2) is 31.5 Å². The lowest BCUT2D eigenvalue weighted by Crippen LogP contribution is -2.24. The van der Waals surface area contributed by atoms with E-state index in [9.17, 15) is 5.11 Å². The highest BCUT2D eigenvalue weighted by Gasteiger charge is 2.07. The maximum Gasteiger partial charge on any atom is 0.0945 e. The molecule has 0 radical (unpaired) electrons. The van der Waals surface area contributed by atoms with E-state index in [0.29, 0.717) is 13.2 Å². The van der Waals surface area contributed by atoms with Gasteiger partial charge in [0, 0.05) is 19.3 Å². The minimum Gasteiger partial charge on any atom is -0.389 e. The molecule has 0 aliphatic rings. The van der Waals surface area contributed by atoms with Gasteiger partial charge in [0.15, 0.2) is 0 Å². The van der Waals surface area contributed by atoms with Gasteiger partial charge in [-0.1, -0.05) is 25.1 Å². The molecule has 1 aromatic rings. The minimum atomic E-state index is -0.464. The number of ether oxygens (including phenoxy) is 1. The topological polar surface area (TPSA) is 41.5 Å². The third-order valence-corrected chi connectivity index (χ3v) is 2.61. The van der Waals surface area contributed by atoms with Crippen molar-refractivity contribution in [2.24, 2.45) is 0 Å². The van der Waals surface area contributed by atoms with Gasteiger partial charge in [-0.2, -0.15) is 0 Å². The fourth-order valence-electron chi connectivity index (χ4n) is 1.75. The second-order valence-corrected chi connectivity index (χ2v) is 3.95. The van der Waals surface area contributed by atoms with E-state index in [0.717, 1.165) is 12.1 Å². The zero-order chi connectivity index (χ0) is 12.0. The molecule has 1 rings (SSSR count). The lowest BCUT2D eigenvalue weighted by molar-refractivity contribution is 0.0727. The van der Waals surface area contributed by atoms with E-state index in [-0.39, 0.29) is 0 Å². The highest BCUT2D eigenvalue weighted by molar-refractivity contribution is 5.57. The Kier molecular flexibility index (Phi) is 5.29. The Bertz CT molecular complexity index is 326. The van der Waals surface area contributed by atoms with Crippen molar-refractivity contribution in [3.05, 3.63) is 29.3 Å². The van der Waals surface area contributed by atoms with E-state index in [1.807, 2.05) is 0 Å². The van der Waals surface area contributed by atoms with Gasteiger partial charge in [-0.25, -0.2) is 0 Å². The molecule has 1 aromatic carbocycles. The fourth-order valence-corrected chi connectivity index (χ4v) is 1.75. The van der Waals surface area contributed by atoms with Crippen molar-refractivity contribution in [2.75, 3.05) is 25.6 Å². The van der Waals surface area contributed by atoms with Crippen molar-refractivity contribution >= 4 is 5.69 Å². The standard InChI is InChI=1S/C13H21NO2/c1-4-11-7-5-6-10(2)13(11)14-8-12(15)9-16-3/h5-7,12,14-15H,4,8-9H2,1-3H3. The first-order valence-corrected chi connectivity index (χ1v) is 5.68. The summed E-state index contributed by atoms with van der Waals surface area (Å²) < 4.78 is 4.89. The number of anilines is 1. The summed E-state index contributed by atoms with van der Waals surface area (Å²) in [5.41, 5.74) is 3.63. The molecule has 1 unspecified atom stereocenters. The van der Waals surface area contributed by atoms with Crippen molar-refractivity contribution in [1.82, 2.24) is 0 Å². The van der Waals surface area contributed by atoms with Crippen LogP contribution in [0.25, 0.3) is 0 Å². The maximum atomic E-state index is 9.58. The van der Waals surface area contributed by atoms with Crippen LogP contribution in [0, 0.1) is 6.92 Å². The molecule has 0 aliphatic carbocycles. The molecule has 0 aromatic heterocycles. The molecule has 0 aliphatic heterocycles. The zero-order valence-corrected chi connectivity index (χ0v) is 10.3. The maximum absolute atomic E-state index is 9.58. The quantitative estimate of drug-likeness (QED) is 0.775. The van der Waals surface area contributed by atoms with E-state index in [1.165, 1.54) is 11.1 Å². The Labute approximate surface area is 97.4 Å². The van der Waals surface area contributed by atoms with Gasteiger partial charge >= 0.3 is 0 Å². The molecular weight excluding hydrogens is 202 g/mol. The largest absolute Gasteiger partial charge is 0.389 e. The van der Waals surface area contributed by atoms with Gasteiger partial charge in [0.25, 0.3) is 0 Å². The molecule has 0 spiro atoms. The summed E-state index contributed by atoms with van der Waals surface area (Å²) in [6.07, 6.45) is 0.527. The van der Waals surface area contributed by atoms with Crippen LogP contribution in [0.4, 0.5) is 5.69 Å². The molecule has 2 N–H and O–H groups in total. The highest BCUT2D eigenvalue weighted by Crippen LogP contribution is 2.20. The van der Waals surface area contributed by atoms with Crippen molar-refractivity contribution in [3.63, 3.8) is 0 Å². The van der Waals surface area contributed by atoms with Crippen LogP contribution in [0.15, 0.2) is 18.2 Å². The van der Waals surface area contributed by atoms with Gasteiger partial charge < -0.3 is 15.2 Å². The van der Waals surface area contributed by atoms with Crippen LogP contribution in [0.2, 0.25) is 0 Å². The predicted molar refractivity (Wildman–Crippen MR) is 66.9 cm³/mol. The van der Waals surface area contributed by atoms with Crippen molar-refractivity contribution in [3.8, 4) is 0 Å². The Morgan fingerprint density at radius 2 is 2.19 bits per heavy atom. The van der Waals surface area contributed by atoms with Crippen LogP contribution in [-0.2, 0) is 11.2 Å². The molecule has 0 heterocycles. The molecular formula is C13H21NO2. The van der Waals surface area contributed by atoms with Crippen molar-refractivity contribution < 1.29 is 9.84 Å². The molecule has 1 atom stereocenters. The average molecular weight is 223 g/mol. The molecule has 0 saturated heterocycles. The number of rotatable bonds is 6. The lowest BCUT2D eigenvalue weighted by Gasteiger charge is -2.16. The molecule has 0 bridgehead atoms. The normalized spacial score (nSPS) is 12.5. The summed E-state index contributed by atoms with van der Waals surface area (Å²) >= 11 is 0. The van der Waals surface area contributed by atoms with Crippen LogP contribution in [0.3, 0.4) is 0 Å². The Balaban J connectivity index is 2.65. The monoisotopic (exact) mass is 223 g/mol. The number of hydrogen-bond acceptors (Lipinski definition) is 3. The van der Waals surface area contributed by atoms with Gasteiger partial charge in [-0.15, -0.1) is 0 Å². The molecule has 0 saturated carbocycles. The van der Waals surface area contributed by atoms with E-state index >= 15 is 0 Å². The van der Waals surface area contributed by atoms with Crippen LogP contribution >= 0.6 is 0 Å². The fraction of sp³-hybridized carbons (Fsp3) is 0.538. The number of aliphatic hydroxyl groups excluding tert-OH is 1. The SMILES string of the molecule is CCc1cccc(C)c1NCC(O)COC. The first-order chi connectivity index (χ1) is 7.69. The summed E-state index contributed by atoms with van der Waals surface area (Å²) in [7, 11) is 1.59. The molecule has 0 fully saturated rings. The first kappa shape index (κ1) is 13.0. The second kappa shape index (κ2) is 6.51. The van der Waals surface area contributed by atoms with Gasteiger partial charge in [-0.05, 0) is 24.5 Å². The van der Waals surface area contributed by atoms with Gasteiger partial charge in [-0.3, -0.25) is 0 Å². The van der Waals surface area contributed by atoms with E-state index < -0.39 is 6.10 Å². The Hall–Kier alpha value is -1.06. The summed E-state index contributed by atoms with van der Waals surface area (Å²) in [4.78, 5) is 0. The van der Waals surface area contributed by atoms with Crippen molar-refractivity contribution in [2.45, 2.75) is 26.4 Å². The summed E-state index contributed by atoms with van der Waals surface area (Å²) in [5, 5.41) is 12.9. The molecule has 0 amide bonds. The molecule has 16 heavy (non-hydrogen) atoms. The zero-order valence-electron chi connectivity index (χ0n) is 10.3. The number of hydrogen-bond donors (Lipinski definition) is 2. The summed E-state index contributed by atoms with van der Waals surface area (Å²) in [5.74, 6) is 0. The number of nitrogens with one attached hydrogen (secondary N) is 1. The number of benzene rings is 1. The lowest BCUT2D eigenvalue weighted by atomic mass is 10.1. The second-order valence-electron chi connectivity index (χ2n) is 3.95. The predicted octanol–water partition coefficient (Wildman–Crippen LogP) is 1.98. The summed E-state index contributed by atoms with van der Waals surface area (Å²) in [6, 6.07) is 6.24. The van der Waals surface area contributed by atoms with Gasteiger partial charge in [0.2, 0.25) is 0 Å².